The monoisotopic (exact) mass is 308 g/mol. The van der Waals surface area contributed by atoms with Gasteiger partial charge in [-0.3, -0.25) is 0 Å². The first-order chi connectivity index (χ1) is 10.1. The van der Waals surface area contributed by atoms with Gasteiger partial charge in [-0.05, 0) is 44.5 Å². The minimum atomic E-state index is -0.335. The van der Waals surface area contributed by atoms with Gasteiger partial charge in [-0.1, -0.05) is 13.0 Å². The normalized spacial score (nSPS) is 12.4. The number of nitrogens with one attached hydrogen (secondary N) is 1. The van der Waals surface area contributed by atoms with Crippen molar-refractivity contribution in [2.45, 2.75) is 39.3 Å². The molecule has 0 bridgehead atoms. The summed E-state index contributed by atoms with van der Waals surface area (Å²) in [4.78, 5) is 4.46. The average Bonchev–Trinajstić information content (AvgIpc) is 2.93. The molecule has 1 aromatic carbocycles. The first-order valence-electron chi connectivity index (χ1n) is 7.16. The van der Waals surface area contributed by atoms with E-state index in [1.807, 2.05) is 25.4 Å². The zero-order valence-corrected chi connectivity index (χ0v) is 13.5. The van der Waals surface area contributed by atoms with Gasteiger partial charge < -0.3 is 10.1 Å². The largest absolute Gasteiger partial charge is 0.484 e. The molecular formula is C16H21FN2OS. The summed E-state index contributed by atoms with van der Waals surface area (Å²) in [6.45, 7) is 4.42. The third-order valence-electron chi connectivity index (χ3n) is 3.33. The van der Waals surface area contributed by atoms with Crippen LogP contribution in [0.25, 0.3) is 0 Å². The van der Waals surface area contributed by atoms with Gasteiger partial charge in [-0.15, -0.1) is 11.3 Å². The van der Waals surface area contributed by atoms with Crippen LogP contribution in [0.3, 0.4) is 0 Å². The van der Waals surface area contributed by atoms with E-state index in [4.69, 9.17) is 4.74 Å². The number of ether oxygens (including phenoxy) is 1. The number of rotatable bonds is 7. The summed E-state index contributed by atoms with van der Waals surface area (Å²) in [5, 5.41) is 6.16. The van der Waals surface area contributed by atoms with E-state index in [1.54, 1.807) is 17.4 Å². The molecule has 0 fully saturated rings. The van der Waals surface area contributed by atoms with Gasteiger partial charge in [-0.2, -0.15) is 0 Å². The Labute approximate surface area is 129 Å². The van der Waals surface area contributed by atoms with Crippen LogP contribution in [0.5, 0.6) is 5.75 Å². The fraction of sp³-hybridized carbons (Fsp3) is 0.438. The highest BCUT2D eigenvalue weighted by Gasteiger charge is 2.09. The van der Waals surface area contributed by atoms with Gasteiger partial charge in [0.2, 0.25) is 0 Å². The van der Waals surface area contributed by atoms with Crippen molar-refractivity contribution < 1.29 is 9.13 Å². The molecule has 0 aliphatic carbocycles. The Kier molecular flexibility index (Phi) is 5.70. The lowest BCUT2D eigenvalue weighted by Gasteiger charge is -2.12. The summed E-state index contributed by atoms with van der Waals surface area (Å²) < 4.78 is 19.5. The van der Waals surface area contributed by atoms with E-state index in [2.05, 4.69) is 17.2 Å². The summed E-state index contributed by atoms with van der Waals surface area (Å²) in [5.74, 6) is -0.0642. The lowest BCUT2D eigenvalue weighted by molar-refractivity contribution is 0.286. The zero-order chi connectivity index (χ0) is 15.2. The van der Waals surface area contributed by atoms with Crippen LogP contribution in [-0.4, -0.2) is 12.0 Å². The van der Waals surface area contributed by atoms with Crippen molar-refractivity contribution in [1.29, 1.82) is 0 Å². The second kappa shape index (κ2) is 7.52. The topological polar surface area (TPSA) is 34.1 Å². The SMILES string of the molecule is CCCc1nc(COc2ccc(C(C)NC)cc2F)cs1. The van der Waals surface area contributed by atoms with E-state index in [0.717, 1.165) is 29.1 Å². The number of halogens is 1. The molecule has 1 N–H and O–H groups in total. The molecule has 0 radical (unpaired) electrons. The molecule has 2 rings (SSSR count). The second-order valence-electron chi connectivity index (χ2n) is 4.97. The molecule has 0 spiro atoms. The second-order valence-corrected chi connectivity index (χ2v) is 5.91. The van der Waals surface area contributed by atoms with Gasteiger partial charge in [0.15, 0.2) is 11.6 Å². The molecule has 0 amide bonds. The predicted octanol–water partition coefficient (Wildman–Crippen LogP) is 4.09. The van der Waals surface area contributed by atoms with Crippen LogP contribution in [0.2, 0.25) is 0 Å². The van der Waals surface area contributed by atoms with Gasteiger partial charge in [0.05, 0.1) is 10.7 Å². The Balaban J connectivity index is 1.99. The predicted molar refractivity (Wildman–Crippen MR) is 84.3 cm³/mol. The molecule has 5 heteroatoms. The molecule has 3 nitrogen and oxygen atoms in total. The summed E-state index contributed by atoms with van der Waals surface area (Å²) in [6, 6.07) is 5.18. The Bertz CT molecular complexity index is 585. The van der Waals surface area contributed by atoms with Gasteiger partial charge >= 0.3 is 0 Å². The number of hydrogen-bond donors (Lipinski definition) is 1. The van der Waals surface area contributed by atoms with Crippen LogP contribution < -0.4 is 10.1 Å². The third-order valence-corrected chi connectivity index (χ3v) is 4.29. The van der Waals surface area contributed by atoms with Crippen molar-refractivity contribution in [2.24, 2.45) is 0 Å². The van der Waals surface area contributed by atoms with Crippen molar-refractivity contribution in [2.75, 3.05) is 7.05 Å². The van der Waals surface area contributed by atoms with Crippen LogP contribution in [0.4, 0.5) is 4.39 Å². The van der Waals surface area contributed by atoms with Crippen molar-refractivity contribution in [3.05, 3.63) is 45.7 Å². The summed E-state index contributed by atoms with van der Waals surface area (Å²) >= 11 is 1.63. The van der Waals surface area contributed by atoms with Crippen LogP contribution in [0, 0.1) is 5.82 Å². The van der Waals surface area contributed by atoms with E-state index in [-0.39, 0.29) is 17.6 Å². The van der Waals surface area contributed by atoms with E-state index in [1.165, 1.54) is 6.07 Å². The zero-order valence-electron chi connectivity index (χ0n) is 12.6. The number of thiazole rings is 1. The molecule has 1 atom stereocenters. The standard InChI is InChI=1S/C16H21FN2OS/c1-4-5-16-19-13(10-21-16)9-20-15-7-6-12(8-14(15)17)11(2)18-3/h6-8,10-11,18H,4-5,9H2,1-3H3. The highest BCUT2D eigenvalue weighted by Crippen LogP contribution is 2.23. The Morgan fingerprint density at radius 3 is 2.90 bits per heavy atom. The van der Waals surface area contributed by atoms with E-state index < -0.39 is 0 Å². The molecule has 2 aromatic rings. The summed E-state index contributed by atoms with van der Waals surface area (Å²) in [5.41, 5.74) is 1.76. The molecule has 1 heterocycles. The highest BCUT2D eigenvalue weighted by molar-refractivity contribution is 7.09. The molecule has 21 heavy (non-hydrogen) atoms. The molecule has 114 valence electrons. The Morgan fingerprint density at radius 2 is 2.24 bits per heavy atom. The van der Waals surface area contributed by atoms with Crippen LogP contribution in [-0.2, 0) is 13.0 Å². The van der Waals surface area contributed by atoms with Crippen LogP contribution in [0.15, 0.2) is 23.6 Å². The van der Waals surface area contributed by atoms with Crippen LogP contribution in [0.1, 0.15) is 42.6 Å². The highest BCUT2D eigenvalue weighted by atomic mass is 32.1. The number of aromatic nitrogens is 1. The molecule has 0 aliphatic rings. The van der Waals surface area contributed by atoms with E-state index in [9.17, 15) is 4.39 Å². The van der Waals surface area contributed by atoms with Crippen molar-refractivity contribution in [1.82, 2.24) is 10.3 Å². The fourth-order valence-electron chi connectivity index (χ4n) is 1.97. The molecule has 0 saturated carbocycles. The Morgan fingerprint density at radius 1 is 1.43 bits per heavy atom. The maximum absolute atomic E-state index is 14.0. The third kappa shape index (κ3) is 4.25. The van der Waals surface area contributed by atoms with Crippen molar-refractivity contribution >= 4 is 11.3 Å². The van der Waals surface area contributed by atoms with Gasteiger partial charge in [0.1, 0.15) is 6.61 Å². The number of nitrogens with zero attached hydrogens (tertiary/aromatic N) is 1. The minimum Gasteiger partial charge on any atom is -0.484 e. The number of aryl methyl sites for hydroxylation is 1. The van der Waals surface area contributed by atoms with Gasteiger partial charge in [0.25, 0.3) is 0 Å². The lowest BCUT2D eigenvalue weighted by Crippen LogP contribution is -2.12. The van der Waals surface area contributed by atoms with E-state index in [0.29, 0.717) is 6.61 Å². The summed E-state index contributed by atoms with van der Waals surface area (Å²) in [7, 11) is 1.85. The summed E-state index contributed by atoms with van der Waals surface area (Å²) in [6.07, 6.45) is 2.06. The molecule has 1 aromatic heterocycles. The maximum Gasteiger partial charge on any atom is 0.165 e. The van der Waals surface area contributed by atoms with Gasteiger partial charge in [-0.25, -0.2) is 9.37 Å². The van der Waals surface area contributed by atoms with Gasteiger partial charge in [0, 0.05) is 11.4 Å². The fourth-order valence-corrected chi connectivity index (χ4v) is 2.85. The maximum atomic E-state index is 14.0. The van der Waals surface area contributed by atoms with E-state index >= 15 is 0 Å². The number of hydrogen-bond acceptors (Lipinski definition) is 4. The minimum absolute atomic E-state index is 0.115. The van der Waals surface area contributed by atoms with Crippen LogP contribution >= 0.6 is 11.3 Å². The van der Waals surface area contributed by atoms with Crippen molar-refractivity contribution in [3.8, 4) is 5.75 Å². The average molecular weight is 308 g/mol. The first kappa shape index (κ1) is 15.9. The molecule has 0 saturated heterocycles. The quantitative estimate of drug-likeness (QED) is 0.836. The Hall–Kier alpha value is -1.46. The molecular weight excluding hydrogens is 287 g/mol. The van der Waals surface area contributed by atoms with Crippen molar-refractivity contribution in [3.63, 3.8) is 0 Å². The lowest BCUT2D eigenvalue weighted by atomic mass is 10.1. The smallest absolute Gasteiger partial charge is 0.165 e. The first-order valence-corrected chi connectivity index (χ1v) is 8.04. The molecule has 1 unspecified atom stereocenters. The molecule has 0 aliphatic heterocycles. The number of benzene rings is 1.